The van der Waals surface area contributed by atoms with Gasteiger partial charge >= 0.3 is 0 Å². The molecule has 1 aliphatic heterocycles. The molecule has 3 heterocycles. The zero-order valence-corrected chi connectivity index (χ0v) is 26.1. The van der Waals surface area contributed by atoms with Crippen LogP contribution >= 0.6 is 0 Å². The van der Waals surface area contributed by atoms with E-state index in [1.54, 1.807) is 27.7 Å². The highest BCUT2D eigenvalue weighted by Gasteiger charge is 2.17. The Labute approximate surface area is 241 Å². The highest BCUT2D eigenvalue weighted by Crippen LogP contribution is 2.39. The quantitative estimate of drug-likeness (QED) is 0.265. The van der Waals surface area contributed by atoms with E-state index >= 15 is 0 Å². The molecule has 0 atom stereocenters. The lowest BCUT2D eigenvalue weighted by atomic mass is 10.1. The second kappa shape index (κ2) is 18.5. The van der Waals surface area contributed by atoms with Gasteiger partial charge in [0.15, 0.2) is 11.5 Å². The van der Waals surface area contributed by atoms with E-state index in [2.05, 4.69) is 39.7 Å². The van der Waals surface area contributed by atoms with Gasteiger partial charge in [-0.05, 0) is 38.1 Å². The van der Waals surface area contributed by atoms with E-state index in [0.717, 1.165) is 36.7 Å². The minimum Gasteiger partial charge on any atom is -0.493 e. The molecule has 40 heavy (non-hydrogen) atoms. The molecule has 9 nitrogen and oxygen atoms in total. The minimum absolute atomic E-state index is 0.540. The van der Waals surface area contributed by atoms with E-state index in [9.17, 15) is 0 Å². The van der Waals surface area contributed by atoms with Crippen LogP contribution in [0.25, 0.3) is 11.4 Å². The molecule has 2 aromatic heterocycles. The van der Waals surface area contributed by atoms with Gasteiger partial charge in [-0.1, -0.05) is 54.5 Å². The summed E-state index contributed by atoms with van der Waals surface area (Å²) in [6, 6.07) is 7.82. The van der Waals surface area contributed by atoms with Gasteiger partial charge in [0.2, 0.25) is 5.75 Å². The summed E-state index contributed by atoms with van der Waals surface area (Å²) in [6.45, 7) is 23.1. The van der Waals surface area contributed by atoms with Crippen LogP contribution < -0.4 is 19.5 Å². The Kier molecular flexibility index (Phi) is 15.9. The summed E-state index contributed by atoms with van der Waals surface area (Å²) in [5.74, 6) is 2.33. The molecule has 0 spiro atoms. The first-order valence-corrected chi connectivity index (χ1v) is 14.3. The number of hydrogen-bond acceptors (Lipinski definition) is 7. The molecular weight excluding hydrogens is 504 g/mol. The molecule has 3 aromatic rings. The average molecular weight is 555 g/mol. The zero-order chi connectivity index (χ0) is 30.1. The predicted octanol–water partition coefficient (Wildman–Crippen LogP) is 7.31. The highest BCUT2D eigenvalue weighted by molar-refractivity contribution is 5.72. The maximum atomic E-state index is 5.46. The summed E-state index contributed by atoms with van der Waals surface area (Å²) >= 11 is 0. The molecule has 1 aromatic carbocycles. The number of methoxy groups -OCH3 is 3. The number of nitrogens with zero attached hydrogens (tertiary/aromatic N) is 5. The van der Waals surface area contributed by atoms with Crippen LogP contribution in [-0.2, 0) is 6.54 Å². The second-order valence-corrected chi connectivity index (χ2v) is 8.15. The second-order valence-electron chi connectivity index (χ2n) is 8.15. The molecule has 4 rings (SSSR count). The van der Waals surface area contributed by atoms with Crippen LogP contribution in [0.4, 0.5) is 5.82 Å². The molecule has 9 heteroatoms. The normalized spacial score (nSPS) is 12.3. The first kappa shape index (κ1) is 34.3. The first-order valence-electron chi connectivity index (χ1n) is 14.3. The molecule has 0 radical (unpaired) electrons. The van der Waals surface area contributed by atoms with Crippen LogP contribution in [0.1, 0.15) is 72.2 Å². The number of imidazole rings is 1. The SMILES string of the molecule is C=Nn1c(CN2CCCCC2)ccc1C(=C)Nc1cn(-c2cc(OC)c(OC)c(OC)c2)cn1.CC.CC.CC. The number of benzene rings is 1. The molecule has 222 valence electrons. The molecule has 0 unspecified atom stereocenters. The number of hydrogen-bond donors (Lipinski definition) is 1. The maximum absolute atomic E-state index is 5.46. The van der Waals surface area contributed by atoms with E-state index in [1.807, 2.05) is 75.2 Å². The molecule has 0 aliphatic carbocycles. The molecule has 1 saturated heterocycles. The van der Waals surface area contributed by atoms with E-state index < -0.39 is 0 Å². The molecule has 1 N–H and O–H groups in total. The fraction of sp³-hybridized carbons (Fsp3) is 0.484. The standard InChI is InChI=1S/C25H32N6O3.3C2H6/c1-18(21-10-9-19(31(21)26-2)15-29-11-7-6-8-12-29)28-24-16-30(17-27-24)20-13-22(32-3)25(34-5)23(14-20)33-4;3*1-2/h9-10,13-14,16-17,28H,1-2,6-8,11-12,15H2,3-5H3;3*1-2H3. The van der Waals surface area contributed by atoms with Gasteiger partial charge in [-0.25, -0.2) is 9.66 Å². The van der Waals surface area contributed by atoms with E-state index in [-0.39, 0.29) is 0 Å². The lowest BCUT2D eigenvalue weighted by Gasteiger charge is -2.26. The van der Waals surface area contributed by atoms with Crippen molar-refractivity contribution in [3.8, 4) is 22.9 Å². The Hall–Kier alpha value is -3.72. The van der Waals surface area contributed by atoms with Crippen LogP contribution in [0, 0.1) is 0 Å². The maximum Gasteiger partial charge on any atom is 0.203 e. The van der Waals surface area contributed by atoms with Gasteiger partial charge in [0, 0.05) is 25.4 Å². The van der Waals surface area contributed by atoms with Crippen LogP contribution in [-0.4, -0.2) is 60.3 Å². The van der Waals surface area contributed by atoms with Gasteiger partial charge < -0.3 is 24.1 Å². The van der Waals surface area contributed by atoms with Crippen molar-refractivity contribution >= 4 is 18.2 Å². The van der Waals surface area contributed by atoms with Crippen LogP contribution in [0.2, 0.25) is 0 Å². The summed E-state index contributed by atoms with van der Waals surface area (Å²) in [4.78, 5) is 6.94. The Morgan fingerprint density at radius 2 is 1.52 bits per heavy atom. The fourth-order valence-electron chi connectivity index (χ4n) is 4.30. The van der Waals surface area contributed by atoms with Gasteiger partial charge in [0.1, 0.15) is 12.1 Å². The predicted molar refractivity (Wildman–Crippen MR) is 168 cm³/mol. The van der Waals surface area contributed by atoms with Crippen molar-refractivity contribution in [2.75, 3.05) is 39.7 Å². The molecule has 0 amide bonds. The van der Waals surface area contributed by atoms with Crippen molar-refractivity contribution in [2.45, 2.75) is 67.3 Å². The third-order valence-corrected chi connectivity index (χ3v) is 6.03. The lowest BCUT2D eigenvalue weighted by molar-refractivity contribution is 0.216. The average Bonchev–Trinajstić information content (AvgIpc) is 3.66. The van der Waals surface area contributed by atoms with Crippen molar-refractivity contribution in [3.05, 3.63) is 54.8 Å². The van der Waals surface area contributed by atoms with E-state index in [4.69, 9.17) is 14.2 Å². The summed E-state index contributed by atoms with van der Waals surface area (Å²) in [5.41, 5.74) is 3.45. The summed E-state index contributed by atoms with van der Waals surface area (Å²) in [5, 5.41) is 7.52. The van der Waals surface area contributed by atoms with Crippen molar-refractivity contribution in [2.24, 2.45) is 5.10 Å². The topological polar surface area (TPSA) is 78.1 Å². The van der Waals surface area contributed by atoms with Gasteiger partial charge in [-0.3, -0.25) is 4.90 Å². The summed E-state index contributed by atoms with van der Waals surface area (Å²) in [7, 11) is 4.76. The Morgan fingerprint density at radius 3 is 2.05 bits per heavy atom. The Balaban J connectivity index is 0.00000125. The molecule has 1 aliphatic rings. The first-order chi connectivity index (χ1) is 19.6. The van der Waals surface area contributed by atoms with E-state index in [0.29, 0.717) is 28.8 Å². The zero-order valence-electron chi connectivity index (χ0n) is 26.1. The molecule has 0 bridgehead atoms. The smallest absolute Gasteiger partial charge is 0.203 e. The van der Waals surface area contributed by atoms with Gasteiger partial charge in [-0.15, -0.1) is 0 Å². The monoisotopic (exact) mass is 554 g/mol. The summed E-state index contributed by atoms with van der Waals surface area (Å²) in [6.07, 6.45) is 7.39. The molecular formula is C31H50N6O3. The van der Waals surface area contributed by atoms with Crippen LogP contribution in [0.5, 0.6) is 17.2 Å². The third-order valence-electron chi connectivity index (χ3n) is 6.03. The lowest BCUT2D eigenvalue weighted by Crippen LogP contribution is -2.29. The number of anilines is 1. The number of nitrogens with one attached hydrogen (secondary N) is 1. The largest absolute Gasteiger partial charge is 0.493 e. The van der Waals surface area contributed by atoms with E-state index in [1.165, 1.54) is 19.3 Å². The summed E-state index contributed by atoms with van der Waals surface area (Å²) < 4.78 is 20.0. The Bertz CT molecular complexity index is 1140. The van der Waals surface area contributed by atoms with Gasteiger partial charge in [0.05, 0.1) is 50.3 Å². The number of rotatable bonds is 10. The van der Waals surface area contributed by atoms with Crippen molar-refractivity contribution in [1.29, 1.82) is 0 Å². The van der Waals surface area contributed by atoms with Gasteiger partial charge in [0.25, 0.3) is 0 Å². The van der Waals surface area contributed by atoms with Gasteiger partial charge in [-0.2, -0.15) is 5.10 Å². The third kappa shape index (κ3) is 8.64. The number of piperidine rings is 1. The molecule has 0 saturated carbocycles. The van der Waals surface area contributed by atoms with Crippen LogP contribution in [0.15, 0.2) is 48.5 Å². The molecule has 1 fully saturated rings. The Morgan fingerprint density at radius 1 is 0.925 bits per heavy atom. The number of ether oxygens (including phenoxy) is 3. The van der Waals surface area contributed by atoms with Crippen molar-refractivity contribution in [1.82, 2.24) is 19.1 Å². The van der Waals surface area contributed by atoms with Crippen LogP contribution in [0.3, 0.4) is 0 Å². The fourth-order valence-corrected chi connectivity index (χ4v) is 4.30. The van der Waals surface area contributed by atoms with Crippen molar-refractivity contribution in [3.63, 3.8) is 0 Å². The highest BCUT2D eigenvalue weighted by atomic mass is 16.5. The number of likely N-dealkylation sites (tertiary alicyclic amines) is 1. The number of aromatic nitrogens is 3. The van der Waals surface area contributed by atoms with Crippen molar-refractivity contribution < 1.29 is 14.2 Å². The minimum atomic E-state index is 0.540.